The Morgan fingerprint density at radius 1 is 1.00 bits per heavy atom. The Kier molecular flexibility index (Phi) is 7.74. The van der Waals surface area contributed by atoms with Crippen LogP contribution in [0.25, 0.3) is 10.9 Å². The summed E-state index contributed by atoms with van der Waals surface area (Å²) >= 11 is 0. The van der Waals surface area contributed by atoms with E-state index in [9.17, 15) is 18.8 Å². The molecule has 0 radical (unpaired) electrons. The number of amides is 3. The van der Waals surface area contributed by atoms with Crippen molar-refractivity contribution in [2.24, 2.45) is 13.0 Å². The molecule has 3 amide bonds. The van der Waals surface area contributed by atoms with Crippen LogP contribution in [0, 0.1) is 11.7 Å². The van der Waals surface area contributed by atoms with Crippen LogP contribution in [0.1, 0.15) is 49.5 Å². The van der Waals surface area contributed by atoms with E-state index < -0.39 is 6.04 Å². The third-order valence-corrected chi connectivity index (χ3v) is 7.62. The summed E-state index contributed by atoms with van der Waals surface area (Å²) in [5.74, 6) is -0.553. The first-order chi connectivity index (χ1) is 16.8. The van der Waals surface area contributed by atoms with Gasteiger partial charge in [-0.25, -0.2) is 4.39 Å². The minimum absolute atomic E-state index is 0.0549. The van der Waals surface area contributed by atoms with Crippen molar-refractivity contribution < 1.29 is 18.8 Å². The third kappa shape index (κ3) is 5.34. The van der Waals surface area contributed by atoms with E-state index >= 15 is 0 Å². The molecule has 2 N–H and O–H groups in total. The second-order valence-corrected chi connectivity index (χ2v) is 9.80. The zero-order chi connectivity index (χ0) is 25.1. The summed E-state index contributed by atoms with van der Waals surface area (Å²) in [6.45, 7) is 3.45. The lowest BCUT2D eigenvalue weighted by atomic mass is 9.83. The van der Waals surface area contributed by atoms with E-state index in [1.807, 2.05) is 0 Å². The molecule has 35 heavy (non-hydrogen) atoms. The zero-order valence-corrected chi connectivity index (χ0v) is 20.8. The summed E-state index contributed by atoms with van der Waals surface area (Å²) < 4.78 is 15.4. The summed E-state index contributed by atoms with van der Waals surface area (Å²) in [4.78, 5) is 42.9. The molecule has 9 heteroatoms. The number of nitrogens with zero attached hydrogens (tertiary/aromatic N) is 3. The highest BCUT2D eigenvalue weighted by Gasteiger charge is 2.36. The molecular weight excluding hydrogens is 449 g/mol. The topological polar surface area (TPSA) is 86.7 Å². The second kappa shape index (κ2) is 10.8. The Balaban J connectivity index is 1.43. The lowest BCUT2D eigenvalue weighted by Crippen LogP contribution is -2.59. The molecule has 0 bridgehead atoms. The maximum absolute atomic E-state index is 13.7. The van der Waals surface area contributed by atoms with Gasteiger partial charge < -0.3 is 25.0 Å². The number of carbonyl (C=O) groups is 3. The number of benzene rings is 1. The maximum Gasteiger partial charge on any atom is 0.270 e. The van der Waals surface area contributed by atoms with E-state index in [1.54, 1.807) is 47.5 Å². The molecule has 1 aliphatic carbocycles. The van der Waals surface area contributed by atoms with E-state index in [1.165, 1.54) is 18.6 Å². The summed E-state index contributed by atoms with van der Waals surface area (Å²) in [5.41, 5.74) is 1.17. The highest BCUT2D eigenvalue weighted by Crippen LogP contribution is 2.28. The number of carbonyl (C=O) groups excluding carboxylic acids is 3. The minimum Gasteiger partial charge on any atom is -0.343 e. The summed E-state index contributed by atoms with van der Waals surface area (Å²) in [6, 6.07) is 5.36. The Labute approximate surface area is 205 Å². The first-order valence-electron chi connectivity index (χ1n) is 12.6. The van der Waals surface area contributed by atoms with Crippen LogP contribution in [0.3, 0.4) is 0 Å². The number of nitrogens with one attached hydrogen (secondary N) is 2. The van der Waals surface area contributed by atoms with Gasteiger partial charge in [-0.3, -0.25) is 14.4 Å². The molecule has 1 saturated heterocycles. The van der Waals surface area contributed by atoms with E-state index in [4.69, 9.17) is 0 Å². The molecular formula is C26H36FN5O3. The Morgan fingerprint density at radius 3 is 2.31 bits per heavy atom. The molecule has 2 unspecified atom stereocenters. The zero-order valence-electron chi connectivity index (χ0n) is 20.8. The second-order valence-electron chi connectivity index (χ2n) is 9.80. The molecule has 4 rings (SSSR count). The van der Waals surface area contributed by atoms with Gasteiger partial charge in [0.15, 0.2) is 0 Å². The molecule has 2 aromatic rings. The number of fused-ring (bicyclic) bond motifs is 1. The molecule has 1 saturated carbocycles. The first kappa shape index (κ1) is 25.2. The number of hydrogen-bond donors (Lipinski definition) is 2. The average molecular weight is 486 g/mol. The minimum atomic E-state index is -0.533. The van der Waals surface area contributed by atoms with Gasteiger partial charge in [-0.05, 0) is 57.0 Å². The molecule has 1 aromatic heterocycles. The maximum atomic E-state index is 13.7. The fraction of sp³-hybridized carbons (Fsp3) is 0.577. The Morgan fingerprint density at radius 2 is 1.66 bits per heavy atom. The number of rotatable bonds is 6. The smallest absolute Gasteiger partial charge is 0.270 e. The van der Waals surface area contributed by atoms with Crippen LogP contribution < -0.4 is 10.6 Å². The van der Waals surface area contributed by atoms with Gasteiger partial charge in [-0.2, -0.15) is 0 Å². The molecule has 1 aromatic carbocycles. The van der Waals surface area contributed by atoms with Crippen LogP contribution >= 0.6 is 0 Å². The normalized spacial score (nSPS) is 19.0. The predicted octanol–water partition coefficient (Wildman–Crippen LogP) is 2.27. The van der Waals surface area contributed by atoms with Crippen LogP contribution in [-0.2, 0) is 16.6 Å². The van der Waals surface area contributed by atoms with Crippen molar-refractivity contribution in [2.75, 3.05) is 33.2 Å². The average Bonchev–Trinajstić information content (AvgIpc) is 3.21. The highest BCUT2D eigenvalue weighted by atomic mass is 19.1. The first-order valence-corrected chi connectivity index (χ1v) is 12.6. The summed E-state index contributed by atoms with van der Waals surface area (Å²) in [5, 5.41) is 6.77. The van der Waals surface area contributed by atoms with E-state index in [-0.39, 0.29) is 35.5 Å². The molecule has 8 nitrogen and oxygen atoms in total. The van der Waals surface area contributed by atoms with Gasteiger partial charge in [0, 0.05) is 38.6 Å². The monoisotopic (exact) mass is 485 g/mol. The van der Waals surface area contributed by atoms with E-state index in [2.05, 4.69) is 10.6 Å². The molecule has 190 valence electrons. The number of aryl methyl sites for hydroxylation is 1. The Bertz CT molecular complexity index is 1090. The van der Waals surface area contributed by atoms with Crippen LogP contribution in [0.2, 0.25) is 0 Å². The van der Waals surface area contributed by atoms with E-state index in [0.717, 1.165) is 31.1 Å². The van der Waals surface area contributed by atoms with Crippen molar-refractivity contribution in [2.45, 2.75) is 51.1 Å². The van der Waals surface area contributed by atoms with Crippen molar-refractivity contribution >= 4 is 28.6 Å². The molecule has 2 heterocycles. The van der Waals surface area contributed by atoms with Crippen molar-refractivity contribution in [3.63, 3.8) is 0 Å². The molecule has 2 aliphatic rings. The number of halogens is 1. The lowest BCUT2D eigenvalue weighted by Gasteiger charge is -2.39. The van der Waals surface area contributed by atoms with Crippen molar-refractivity contribution in [3.05, 3.63) is 35.8 Å². The van der Waals surface area contributed by atoms with E-state index in [0.29, 0.717) is 37.4 Å². The number of aromatic nitrogens is 1. The van der Waals surface area contributed by atoms with Crippen LogP contribution in [-0.4, -0.2) is 77.4 Å². The van der Waals surface area contributed by atoms with Gasteiger partial charge >= 0.3 is 0 Å². The Hall–Kier alpha value is -2.94. The fourth-order valence-electron chi connectivity index (χ4n) is 5.26. The predicted molar refractivity (Wildman–Crippen MR) is 132 cm³/mol. The molecule has 2 fully saturated rings. The summed E-state index contributed by atoms with van der Waals surface area (Å²) in [6.07, 6.45) is 5.18. The number of hydrogen-bond acceptors (Lipinski definition) is 4. The molecule has 1 aliphatic heterocycles. The van der Waals surface area contributed by atoms with Crippen molar-refractivity contribution in [3.8, 4) is 0 Å². The van der Waals surface area contributed by atoms with Gasteiger partial charge in [-0.1, -0.05) is 19.3 Å². The lowest BCUT2D eigenvalue weighted by molar-refractivity contribution is -0.140. The standard InChI is InChI=1S/C26H36FN5O3/c1-17(28-2)24(33)29-23(18-7-5-4-6-8-18)26(35)32-13-11-31(12-14-32)25(34)22-15-19-9-10-20(27)16-21(19)30(22)3/h9-10,15-18,23,28H,4-8,11-14H2,1-3H3,(H,29,33). The quantitative estimate of drug-likeness (QED) is 0.657. The van der Waals surface area contributed by atoms with Gasteiger partial charge in [0.05, 0.1) is 11.6 Å². The third-order valence-electron chi connectivity index (χ3n) is 7.62. The SMILES string of the molecule is CNC(C)C(=O)NC(C(=O)N1CCN(C(=O)c2cc3ccc(F)cc3n2C)CC1)C1CCCCC1. The molecule has 2 atom stereocenters. The molecule has 0 spiro atoms. The number of likely N-dealkylation sites (N-methyl/N-ethyl adjacent to an activating group) is 1. The number of piperazine rings is 1. The van der Waals surface area contributed by atoms with Gasteiger partial charge in [0.25, 0.3) is 5.91 Å². The largest absolute Gasteiger partial charge is 0.343 e. The summed E-state index contributed by atoms with van der Waals surface area (Å²) in [7, 11) is 3.49. The van der Waals surface area contributed by atoms with Gasteiger partial charge in [0.2, 0.25) is 11.8 Å². The van der Waals surface area contributed by atoms with Gasteiger partial charge in [0.1, 0.15) is 17.6 Å². The van der Waals surface area contributed by atoms with Crippen molar-refractivity contribution in [1.29, 1.82) is 0 Å². The van der Waals surface area contributed by atoms with Crippen LogP contribution in [0.15, 0.2) is 24.3 Å². The van der Waals surface area contributed by atoms with Crippen LogP contribution in [0.5, 0.6) is 0 Å². The van der Waals surface area contributed by atoms with Crippen LogP contribution in [0.4, 0.5) is 4.39 Å². The van der Waals surface area contributed by atoms with Gasteiger partial charge in [-0.15, -0.1) is 0 Å². The fourth-order valence-corrected chi connectivity index (χ4v) is 5.26. The highest BCUT2D eigenvalue weighted by molar-refractivity contribution is 5.99. The van der Waals surface area contributed by atoms with Crippen molar-refractivity contribution in [1.82, 2.24) is 25.0 Å².